The number of nitrogens with zero attached hydrogens (tertiary/aromatic N) is 2. The van der Waals surface area contributed by atoms with E-state index in [-0.39, 0.29) is 59.7 Å². The summed E-state index contributed by atoms with van der Waals surface area (Å²) in [5.41, 5.74) is 2.11. The normalized spacial score (nSPS) is 17.7. The largest absolute Gasteiger partial charge is 0.294 e. The average Bonchev–Trinajstić information content (AvgIpc) is 3.01. The molecule has 3 aromatic rings. The number of fused-ring (bicyclic) bond motifs is 2. The van der Waals surface area contributed by atoms with Gasteiger partial charge in [0.15, 0.2) is 5.78 Å². The molecule has 2 heterocycles. The van der Waals surface area contributed by atoms with Crippen molar-refractivity contribution in [1.82, 2.24) is 4.90 Å². The fourth-order valence-corrected chi connectivity index (χ4v) is 6.43. The Morgan fingerprint density at radius 1 is 0.889 bits per heavy atom. The Morgan fingerprint density at radius 2 is 1.53 bits per heavy atom. The standard InChI is InChI=1S/C27H23ClN2O5S/c1-17-6-9-20(10-7-17)36(34,35)30-15-13-18(25(31)23-16-19(28)8-11-24(23)30)12-14-29-26(32)21-4-2-3-5-22(21)27(29)33/h2-11,16,18H,12-15H2,1H3. The third-order valence-electron chi connectivity index (χ3n) is 6.73. The Bertz CT molecular complexity index is 1470. The SMILES string of the molecule is Cc1ccc(S(=O)(=O)N2CCC(CCN3C(=O)c4ccccc4C3=O)C(=O)c3cc(Cl)ccc32)cc1. The number of rotatable bonds is 5. The highest BCUT2D eigenvalue weighted by atomic mass is 35.5. The van der Waals surface area contributed by atoms with Gasteiger partial charge in [0.25, 0.3) is 21.8 Å². The molecule has 1 atom stereocenters. The molecule has 184 valence electrons. The lowest BCUT2D eigenvalue weighted by Crippen LogP contribution is -2.34. The van der Waals surface area contributed by atoms with Gasteiger partial charge < -0.3 is 0 Å². The van der Waals surface area contributed by atoms with E-state index in [0.717, 1.165) is 10.5 Å². The number of anilines is 1. The van der Waals surface area contributed by atoms with E-state index < -0.39 is 15.9 Å². The topological polar surface area (TPSA) is 91.8 Å². The van der Waals surface area contributed by atoms with Gasteiger partial charge in [-0.15, -0.1) is 0 Å². The quantitative estimate of drug-likeness (QED) is 0.452. The van der Waals surface area contributed by atoms with Crippen LogP contribution < -0.4 is 4.31 Å². The molecule has 0 N–H and O–H groups in total. The minimum absolute atomic E-state index is 0.0589. The first-order valence-corrected chi connectivity index (χ1v) is 13.4. The van der Waals surface area contributed by atoms with Gasteiger partial charge in [0.05, 0.1) is 21.7 Å². The van der Waals surface area contributed by atoms with Crippen LogP contribution in [0.5, 0.6) is 0 Å². The van der Waals surface area contributed by atoms with Crippen molar-refractivity contribution in [2.75, 3.05) is 17.4 Å². The molecule has 7 nitrogen and oxygen atoms in total. The highest BCUT2D eigenvalue weighted by Crippen LogP contribution is 2.36. The van der Waals surface area contributed by atoms with E-state index in [1.165, 1.54) is 10.4 Å². The van der Waals surface area contributed by atoms with Gasteiger partial charge in [-0.1, -0.05) is 41.4 Å². The molecule has 0 saturated carbocycles. The summed E-state index contributed by atoms with van der Waals surface area (Å²) in [5.74, 6) is -1.62. The number of amides is 2. The Morgan fingerprint density at radius 3 is 2.17 bits per heavy atom. The van der Waals surface area contributed by atoms with Crippen molar-refractivity contribution in [3.05, 3.63) is 94.0 Å². The number of hydrogen-bond acceptors (Lipinski definition) is 5. The van der Waals surface area contributed by atoms with E-state index in [2.05, 4.69) is 0 Å². The molecule has 0 spiro atoms. The number of sulfonamides is 1. The molecule has 0 bridgehead atoms. The Hall–Kier alpha value is -3.49. The van der Waals surface area contributed by atoms with Crippen LogP contribution in [0.25, 0.3) is 0 Å². The zero-order chi connectivity index (χ0) is 25.6. The van der Waals surface area contributed by atoms with Gasteiger partial charge >= 0.3 is 0 Å². The summed E-state index contributed by atoms with van der Waals surface area (Å²) in [6.45, 7) is 2.00. The number of benzene rings is 3. The smallest absolute Gasteiger partial charge is 0.264 e. The molecule has 9 heteroatoms. The van der Waals surface area contributed by atoms with Gasteiger partial charge in [0.2, 0.25) is 0 Å². The van der Waals surface area contributed by atoms with Gasteiger partial charge in [-0.25, -0.2) is 8.42 Å². The van der Waals surface area contributed by atoms with Crippen LogP contribution in [-0.4, -0.2) is 44.0 Å². The summed E-state index contributed by atoms with van der Waals surface area (Å²) in [7, 11) is -3.94. The molecule has 5 rings (SSSR count). The van der Waals surface area contributed by atoms with Gasteiger partial charge in [0.1, 0.15) is 0 Å². The average molecular weight is 523 g/mol. The van der Waals surface area contributed by atoms with Gasteiger partial charge in [-0.3, -0.25) is 23.6 Å². The molecule has 2 amide bonds. The minimum Gasteiger partial charge on any atom is -0.294 e. The second kappa shape index (κ2) is 9.19. The second-order valence-electron chi connectivity index (χ2n) is 9.00. The lowest BCUT2D eigenvalue weighted by molar-refractivity contribution is 0.0635. The summed E-state index contributed by atoms with van der Waals surface area (Å²) in [6, 6.07) is 17.8. The Labute approximate surface area is 214 Å². The second-order valence-corrected chi connectivity index (χ2v) is 11.3. The fraction of sp³-hybridized carbons (Fsp3) is 0.222. The van der Waals surface area contributed by atoms with Crippen molar-refractivity contribution in [2.45, 2.75) is 24.7 Å². The van der Waals surface area contributed by atoms with Crippen molar-refractivity contribution in [1.29, 1.82) is 0 Å². The molecule has 0 fully saturated rings. The number of carbonyl (C=O) groups is 3. The highest BCUT2D eigenvalue weighted by molar-refractivity contribution is 7.92. The van der Waals surface area contributed by atoms with Crippen LogP contribution in [0.3, 0.4) is 0 Å². The van der Waals surface area contributed by atoms with E-state index in [1.807, 2.05) is 6.92 Å². The first-order chi connectivity index (χ1) is 17.2. The van der Waals surface area contributed by atoms with Crippen LogP contribution in [-0.2, 0) is 10.0 Å². The lowest BCUT2D eigenvalue weighted by Gasteiger charge is -2.24. The van der Waals surface area contributed by atoms with Crippen LogP contribution in [0.1, 0.15) is 49.5 Å². The maximum atomic E-state index is 13.6. The zero-order valence-electron chi connectivity index (χ0n) is 19.5. The number of halogens is 1. The van der Waals surface area contributed by atoms with E-state index in [1.54, 1.807) is 60.7 Å². The Kier molecular flexibility index (Phi) is 6.18. The van der Waals surface area contributed by atoms with E-state index in [4.69, 9.17) is 11.6 Å². The number of hydrogen-bond donors (Lipinski definition) is 0. The fourth-order valence-electron chi connectivity index (χ4n) is 4.76. The summed E-state index contributed by atoms with van der Waals surface area (Å²) < 4.78 is 28.4. The minimum atomic E-state index is -3.94. The number of carbonyl (C=O) groups excluding carboxylic acids is 3. The predicted octanol–water partition coefficient (Wildman–Crippen LogP) is 4.73. The first-order valence-electron chi connectivity index (χ1n) is 11.6. The molecule has 2 aliphatic heterocycles. The summed E-state index contributed by atoms with van der Waals surface area (Å²) in [6.07, 6.45) is 0.452. The molecule has 36 heavy (non-hydrogen) atoms. The van der Waals surface area contributed by atoms with Crippen molar-refractivity contribution in [2.24, 2.45) is 5.92 Å². The molecule has 2 aliphatic rings. The monoisotopic (exact) mass is 522 g/mol. The van der Waals surface area contributed by atoms with Crippen molar-refractivity contribution in [3.8, 4) is 0 Å². The molecule has 0 radical (unpaired) electrons. The molecule has 0 aromatic heterocycles. The third-order valence-corrected chi connectivity index (χ3v) is 8.80. The number of imide groups is 1. The molecular formula is C27H23ClN2O5S. The Balaban J connectivity index is 1.44. The third kappa shape index (κ3) is 4.10. The maximum Gasteiger partial charge on any atom is 0.264 e. The van der Waals surface area contributed by atoms with Crippen molar-refractivity contribution < 1.29 is 22.8 Å². The number of Topliss-reactive ketones (excluding diaryl/α,β-unsaturated/α-hetero) is 1. The van der Waals surface area contributed by atoms with Crippen molar-refractivity contribution in [3.63, 3.8) is 0 Å². The van der Waals surface area contributed by atoms with E-state index >= 15 is 0 Å². The molecule has 0 saturated heterocycles. The van der Waals surface area contributed by atoms with Crippen molar-refractivity contribution >= 4 is 44.9 Å². The molecule has 0 aliphatic carbocycles. The van der Waals surface area contributed by atoms with Crippen LogP contribution in [0.15, 0.2) is 71.6 Å². The predicted molar refractivity (Wildman–Crippen MR) is 136 cm³/mol. The summed E-state index contributed by atoms with van der Waals surface area (Å²) >= 11 is 6.19. The number of aryl methyl sites for hydroxylation is 1. The molecule has 3 aromatic carbocycles. The number of ketones is 1. The van der Waals surface area contributed by atoms with Crippen LogP contribution in [0.4, 0.5) is 5.69 Å². The van der Waals surface area contributed by atoms with E-state index in [9.17, 15) is 22.8 Å². The van der Waals surface area contributed by atoms with Crippen LogP contribution in [0.2, 0.25) is 5.02 Å². The van der Waals surface area contributed by atoms with Crippen LogP contribution >= 0.6 is 11.6 Å². The van der Waals surface area contributed by atoms with Gasteiger partial charge in [-0.05, 0) is 62.2 Å². The molecule has 1 unspecified atom stereocenters. The highest BCUT2D eigenvalue weighted by Gasteiger charge is 2.38. The lowest BCUT2D eigenvalue weighted by atomic mass is 9.92. The maximum absolute atomic E-state index is 13.6. The summed E-state index contributed by atoms with van der Waals surface area (Å²) in [5, 5.41) is 0.316. The summed E-state index contributed by atoms with van der Waals surface area (Å²) in [4.78, 5) is 40.3. The first kappa shape index (κ1) is 24.2. The molecular weight excluding hydrogens is 500 g/mol. The zero-order valence-corrected chi connectivity index (χ0v) is 21.1. The van der Waals surface area contributed by atoms with Gasteiger partial charge in [0, 0.05) is 29.6 Å². The van der Waals surface area contributed by atoms with E-state index in [0.29, 0.717) is 16.1 Å². The van der Waals surface area contributed by atoms with Crippen LogP contribution in [0, 0.1) is 12.8 Å². The van der Waals surface area contributed by atoms with Gasteiger partial charge in [-0.2, -0.15) is 0 Å².